The van der Waals surface area contributed by atoms with E-state index in [0.29, 0.717) is 24.5 Å². The van der Waals surface area contributed by atoms with Gasteiger partial charge < -0.3 is 19.7 Å². The van der Waals surface area contributed by atoms with Crippen molar-refractivity contribution in [1.82, 2.24) is 0 Å². The average Bonchev–Trinajstić information content (AvgIpc) is 2.73. The molecule has 1 aliphatic rings. The molecule has 1 N–H and O–H groups in total. The summed E-state index contributed by atoms with van der Waals surface area (Å²) in [6.07, 6.45) is 1.33. The van der Waals surface area contributed by atoms with Gasteiger partial charge in [0.1, 0.15) is 11.6 Å². The van der Waals surface area contributed by atoms with Gasteiger partial charge in [-0.05, 0) is 48.0 Å². The summed E-state index contributed by atoms with van der Waals surface area (Å²) in [5, 5.41) is 12.0. The van der Waals surface area contributed by atoms with Crippen LogP contribution in [0.1, 0.15) is 5.56 Å². The molecule has 7 heteroatoms. The number of methoxy groups -OCH3 is 1. The van der Waals surface area contributed by atoms with Crippen molar-refractivity contribution in [3.05, 3.63) is 59.4 Å². The highest BCUT2D eigenvalue weighted by atomic mass is 19.1. The van der Waals surface area contributed by atoms with Crippen LogP contribution in [-0.2, 0) is 9.53 Å². The monoisotopic (exact) mass is 381 g/mol. The maximum atomic E-state index is 13.8. The Bertz CT molecular complexity index is 913. The van der Waals surface area contributed by atoms with Crippen molar-refractivity contribution in [2.45, 2.75) is 0 Å². The first kappa shape index (κ1) is 19.4. The van der Waals surface area contributed by atoms with Gasteiger partial charge in [0.25, 0.3) is 5.91 Å². The molecule has 1 heterocycles. The van der Waals surface area contributed by atoms with Crippen LogP contribution in [0.3, 0.4) is 0 Å². The minimum atomic E-state index is -0.562. The van der Waals surface area contributed by atoms with Crippen LogP contribution in [0, 0.1) is 17.1 Å². The maximum absolute atomic E-state index is 13.8. The number of hydrogen-bond acceptors (Lipinski definition) is 5. The van der Waals surface area contributed by atoms with E-state index in [4.69, 9.17) is 9.47 Å². The van der Waals surface area contributed by atoms with Gasteiger partial charge in [0.15, 0.2) is 11.6 Å². The topological polar surface area (TPSA) is 74.6 Å². The van der Waals surface area contributed by atoms with E-state index in [2.05, 4.69) is 10.2 Å². The molecule has 144 valence electrons. The molecule has 1 aliphatic heterocycles. The minimum absolute atomic E-state index is 0.0977. The molecule has 6 nitrogen and oxygen atoms in total. The molecular weight excluding hydrogens is 361 g/mol. The Hall–Kier alpha value is -3.37. The van der Waals surface area contributed by atoms with Gasteiger partial charge in [0.2, 0.25) is 0 Å². The molecule has 2 aromatic carbocycles. The van der Waals surface area contributed by atoms with E-state index in [1.165, 1.54) is 25.3 Å². The Morgan fingerprint density at radius 2 is 1.96 bits per heavy atom. The lowest BCUT2D eigenvalue weighted by atomic mass is 10.1. The number of rotatable bonds is 5. The van der Waals surface area contributed by atoms with Crippen LogP contribution >= 0.6 is 0 Å². The number of nitrogens with one attached hydrogen (secondary N) is 1. The second-order valence-corrected chi connectivity index (χ2v) is 6.16. The number of anilines is 2. The van der Waals surface area contributed by atoms with Gasteiger partial charge in [0, 0.05) is 24.5 Å². The van der Waals surface area contributed by atoms with Crippen LogP contribution in [0.2, 0.25) is 0 Å². The summed E-state index contributed by atoms with van der Waals surface area (Å²) in [7, 11) is 1.37. The fourth-order valence-electron chi connectivity index (χ4n) is 2.86. The smallest absolute Gasteiger partial charge is 0.266 e. The summed E-state index contributed by atoms with van der Waals surface area (Å²) in [6, 6.07) is 13.5. The highest BCUT2D eigenvalue weighted by Gasteiger charge is 2.13. The van der Waals surface area contributed by atoms with E-state index in [1.807, 2.05) is 18.2 Å². The second-order valence-electron chi connectivity index (χ2n) is 6.16. The third-order valence-corrected chi connectivity index (χ3v) is 4.35. The maximum Gasteiger partial charge on any atom is 0.266 e. The number of amides is 1. The van der Waals surface area contributed by atoms with Crippen molar-refractivity contribution in [1.29, 1.82) is 5.26 Å². The molecule has 1 amide bonds. The normalized spacial score (nSPS) is 14.3. The highest BCUT2D eigenvalue weighted by Crippen LogP contribution is 2.21. The molecule has 3 rings (SSSR count). The molecule has 28 heavy (non-hydrogen) atoms. The predicted octanol–water partition coefficient (Wildman–Crippen LogP) is 3.22. The van der Waals surface area contributed by atoms with Crippen molar-refractivity contribution < 1.29 is 18.7 Å². The molecule has 1 fully saturated rings. The average molecular weight is 381 g/mol. The van der Waals surface area contributed by atoms with Crippen LogP contribution < -0.4 is 15.0 Å². The first-order valence-corrected chi connectivity index (χ1v) is 8.80. The van der Waals surface area contributed by atoms with Gasteiger partial charge in [-0.3, -0.25) is 4.79 Å². The molecule has 0 atom stereocenters. The Morgan fingerprint density at radius 3 is 2.57 bits per heavy atom. The largest absolute Gasteiger partial charge is 0.494 e. The number of ether oxygens (including phenoxy) is 2. The first-order valence-electron chi connectivity index (χ1n) is 8.80. The van der Waals surface area contributed by atoms with Crippen molar-refractivity contribution in [2.24, 2.45) is 0 Å². The Morgan fingerprint density at radius 1 is 1.25 bits per heavy atom. The van der Waals surface area contributed by atoms with Crippen LogP contribution in [0.4, 0.5) is 15.8 Å². The summed E-state index contributed by atoms with van der Waals surface area (Å²) in [4.78, 5) is 14.6. The third kappa shape index (κ3) is 4.67. The summed E-state index contributed by atoms with van der Waals surface area (Å²) < 4.78 is 24.0. The van der Waals surface area contributed by atoms with E-state index in [0.717, 1.165) is 18.8 Å². The van der Waals surface area contributed by atoms with Crippen LogP contribution in [0.25, 0.3) is 6.08 Å². The zero-order valence-electron chi connectivity index (χ0n) is 15.4. The summed E-state index contributed by atoms with van der Waals surface area (Å²) in [5.41, 5.74) is 1.89. The lowest BCUT2D eigenvalue weighted by molar-refractivity contribution is -0.112. The number of hydrogen-bond donors (Lipinski definition) is 1. The number of carbonyl (C=O) groups is 1. The lowest BCUT2D eigenvalue weighted by Crippen LogP contribution is -2.36. The van der Waals surface area contributed by atoms with E-state index < -0.39 is 11.7 Å². The zero-order chi connectivity index (χ0) is 19.9. The molecule has 0 saturated carbocycles. The lowest BCUT2D eigenvalue weighted by Gasteiger charge is -2.28. The summed E-state index contributed by atoms with van der Waals surface area (Å²) in [5.74, 6) is -1.02. The minimum Gasteiger partial charge on any atom is -0.494 e. The number of nitrogens with zero attached hydrogens (tertiary/aromatic N) is 2. The number of morpholine rings is 1. The molecule has 2 aromatic rings. The number of nitriles is 1. The van der Waals surface area contributed by atoms with Crippen LogP contribution in [0.5, 0.6) is 5.75 Å². The van der Waals surface area contributed by atoms with E-state index in [-0.39, 0.29) is 11.3 Å². The standard InChI is InChI=1S/C21H20FN3O3/c1-27-20-7-2-15(13-19(20)22)12-16(14-23)21(26)24-17-3-5-18(6-4-17)25-8-10-28-11-9-25/h2-7,12-13H,8-11H2,1H3,(H,24,26)/b16-12-. The molecule has 1 saturated heterocycles. The van der Waals surface area contributed by atoms with Crippen molar-refractivity contribution in [2.75, 3.05) is 43.6 Å². The van der Waals surface area contributed by atoms with Gasteiger partial charge in [-0.2, -0.15) is 5.26 Å². The predicted molar refractivity (Wildman–Crippen MR) is 105 cm³/mol. The molecular formula is C21H20FN3O3. The van der Waals surface area contributed by atoms with Gasteiger partial charge in [-0.25, -0.2) is 4.39 Å². The number of benzene rings is 2. The number of halogens is 1. The zero-order valence-corrected chi connectivity index (χ0v) is 15.4. The quantitative estimate of drug-likeness (QED) is 0.636. The molecule has 0 bridgehead atoms. The third-order valence-electron chi connectivity index (χ3n) is 4.35. The van der Waals surface area contributed by atoms with Gasteiger partial charge in [0.05, 0.1) is 20.3 Å². The van der Waals surface area contributed by atoms with Crippen molar-refractivity contribution in [3.63, 3.8) is 0 Å². The second kappa shape index (κ2) is 9.02. The van der Waals surface area contributed by atoms with Crippen LogP contribution in [-0.4, -0.2) is 39.3 Å². The van der Waals surface area contributed by atoms with E-state index in [9.17, 15) is 14.4 Å². The fourth-order valence-corrected chi connectivity index (χ4v) is 2.86. The molecule has 0 unspecified atom stereocenters. The fraction of sp³-hybridized carbons (Fsp3) is 0.238. The highest BCUT2D eigenvalue weighted by molar-refractivity contribution is 6.09. The van der Waals surface area contributed by atoms with Crippen LogP contribution in [0.15, 0.2) is 48.0 Å². The van der Waals surface area contributed by atoms with E-state index >= 15 is 0 Å². The van der Waals surface area contributed by atoms with Gasteiger partial charge in [-0.15, -0.1) is 0 Å². The Balaban J connectivity index is 1.70. The molecule has 0 radical (unpaired) electrons. The van der Waals surface area contributed by atoms with Crippen molar-refractivity contribution in [3.8, 4) is 11.8 Å². The van der Waals surface area contributed by atoms with Gasteiger partial charge >= 0.3 is 0 Å². The summed E-state index contributed by atoms with van der Waals surface area (Å²) in [6.45, 7) is 3.04. The van der Waals surface area contributed by atoms with Crippen molar-refractivity contribution >= 4 is 23.4 Å². The summed E-state index contributed by atoms with van der Waals surface area (Å²) >= 11 is 0. The van der Waals surface area contributed by atoms with E-state index in [1.54, 1.807) is 18.2 Å². The van der Waals surface area contributed by atoms with Gasteiger partial charge in [-0.1, -0.05) is 6.07 Å². The Labute approximate surface area is 162 Å². The Kier molecular flexibility index (Phi) is 6.25. The molecule has 0 aliphatic carbocycles. The SMILES string of the molecule is COc1ccc(/C=C(/C#N)C(=O)Nc2ccc(N3CCOCC3)cc2)cc1F. The first-order chi connectivity index (χ1) is 13.6. The number of carbonyl (C=O) groups excluding carboxylic acids is 1. The molecule has 0 aromatic heterocycles. The molecule has 0 spiro atoms.